The van der Waals surface area contributed by atoms with Crippen LogP contribution in [0.15, 0.2) is 6.20 Å². The van der Waals surface area contributed by atoms with Crippen molar-refractivity contribution in [3.05, 3.63) is 17.5 Å². The minimum absolute atomic E-state index is 0.0150. The Morgan fingerprint density at radius 3 is 2.65 bits per heavy atom. The molecule has 0 saturated heterocycles. The van der Waals surface area contributed by atoms with E-state index in [4.69, 9.17) is 4.74 Å². The molecule has 1 aliphatic carbocycles. The van der Waals surface area contributed by atoms with Gasteiger partial charge in [-0.15, -0.1) is 0 Å². The molecule has 0 aromatic carbocycles. The zero-order valence-corrected chi connectivity index (χ0v) is 11.9. The largest absolute Gasteiger partial charge is 0.466 e. The van der Waals surface area contributed by atoms with E-state index in [9.17, 15) is 9.59 Å². The summed E-state index contributed by atoms with van der Waals surface area (Å²) in [6.07, 6.45) is 4.70. The first-order chi connectivity index (χ1) is 9.61. The molecule has 0 aliphatic heterocycles. The average molecular weight is 279 g/mol. The van der Waals surface area contributed by atoms with Gasteiger partial charge in [0, 0.05) is 11.7 Å². The summed E-state index contributed by atoms with van der Waals surface area (Å²) in [5.74, 6) is -0.224. The van der Waals surface area contributed by atoms with Crippen LogP contribution in [0.4, 0.5) is 0 Å². The van der Waals surface area contributed by atoms with Gasteiger partial charge >= 0.3 is 5.97 Å². The van der Waals surface area contributed by atoms with Crippen molar-refractivity contribution in [3.63, 3.8) is 0 Å². The van der Waals surface area contributed by atoms with Gasteiger partial charge in [0.25, 0.3) is 5.91 Å². The van der Waals surface area contributed by atoms with Gasteiger partial charge in [0.05, 0.1) is 24.3 Å². The first kappa shape index (κ1) is 14.6. The van der Waals surface area contributed by atoms with Crippen molar-refractivity contribution in [1.29, 1.82) is 0 Å². The summed E-state index contributed by atoms with van der Waals surface area (Å²) in [5, 5.41) is 9.60. The second-order valence-corrected chi connectivity index (χ2v) is 5.18. The number of carbonyl (C=O) groups is 2. The first-order valence-corrected chi connectivity index (χ1v) is 7.09. The van der Waals surface area contributed by atoms with Gasteiger partial charge in [0.2, 0.25) is 0 Å². The summed E-state index contributed by atoms with van der Waals surface area (Å²) < 4.78 is 5.03. The monoisotopic (exact) mass is 279 g/mol. The molecule has 6 heteroatoms. The van der Waals surface area contributed by atoms with Crippen molar-refractivity contribution in [2.24, 2.45) is 5.92 Å². The molecule has 0 bridgehead atoms. The molecule has 0 atom stereocenters. The lowest BCUT2D eigenvalue weighted by Gasteiger charge is -2.27. The molecule has 1 aliphatic rings. The average Bonchev–Trinajstić information content (AvgIpc) is 2.86. The van der Waals surface area contributed by atoms with E-state index in [1.807, 2.05) is 13.8 Å². The second-order valence-electron chi connectivity index (χ2n) is 5.18. The smallest absolute Gasteiger partial charge is 0.308 e. The van der Waals surface area contributed by atoms with E-state index in [0.717, 1.165) is 31.4 Å². The van der Waals surface area contributed by atoms with E-state index in [-0.39, 0.29) is 23.8 Å². The van der Waals surface area contributed by atoms with Crippen molar-refractivity contribution >= 4 is 11.9 Å². The van der Waals surface area contributed by atoms with Crippen molar-refractivity contribution < 1.29 is 14.3 Å². The maximum absolute atomic E-state index is 12.0. The molecule has 110 valence electrons. The van der Waals surface area contributed by atoms with Crippen LogP contribution in [0.25, 0.3) is 0 Å². The minimum Gasteiger partial charge on any atom is -0.466 e. The standard InChI is InChI=1S/C14H21N3O3/c1-3-20-14(19)10-4-6-11(7-5-10)16-13(18)12-8-15-17-9(12)2/h8,10-11H,3-7H2,1-2H3,(H,15,17)(H,16,18). The Morgan fingerprint density at radius 2 is 2.10 bits per heavy atom. The van der Waals surface area contributed by atoms with Crippen LogP contribution in [-0.2, 0) is 9.53 Å². The SMILES string of the molecule is CCOC(=O)C1CCC(NC(=O)c2cn[nH]c2C)CC1. The molecule has 1 aromatic heterocycles. The number of nitrogens with one attached hydrogen (secondary N) is 2. The van der Waals surface area contributed by atoms with Gasteiger partial charge in [-0.1, -0.05) is 0 Å². The highest BCUT2D eigenvalue weighted by molar-refractivity contribution is 5.95. The van der Waals surface area contributed by atoms with E-state index in [1.54, 1.807) is 0 Å². The molecule has 20 heavy (non-hydrogen) atoms. The van der Waals surface area contributed by atoms with E-state index in [2.05, 4.69) is 15.5 Å². The molecule has 1 aromatic rings. The summed E-state index contributed by atoms with van der Waals surface area (Å²) in [5.41, 5.74) is 1.35. The third-order valence-corrected chi connectivity index (χ3v) is 3.76. The van der Waals surface area contributed by atoms with Gasteiger partial charge in [-0.3, -0.25) is 14.7 Å². The number of H-pyrrole nitrogens is 1. The molecule has 0 radical (unpaired) electrons. The highest BCUT2D eigenvalue weighted by Gasteiger charge is 2.28. The summed E-state index contributed by atoms with van der Waals surface area (Å²) >= 11 is 0. The van der Waals surface area contributed by atoms with Gasteiger partial charge in [0.15, 0.2) is 0 Å². The quantitative estimate of drug-likeness (QED) is 0.819. The molecule has 0 unspecified atom stereocenters. The van der Waals surface area contributed by atoms with Gasteiger partial charge in [0.1, 0.15) is 0 Å². The van der Waals surface area contributed by atoms with Gasteiger partial charge in [-0.05, 0) is 39.5 Å². The van der Waals surface area contributed by atoms with Crippen LogP contribution >= 0.6 is 0 Å². The highest BCUT2D eigenvalue weighted by atomic mass is 16.5. The van der Waals surface area contributed by atoms with Crippen LogP contribution in [0.5, 0.6) is 0 Å². The molecule has 1 fully saturated rings. The molecule has 2 rings (SSSR count). The Hall–Kier alpha value is -1.85. The predicted molar refractivity (Wildman–Crippen MR) is 73.2 cm³/mol. The zero-order chi connectivity index (χ0) is 14.5. The second kappa shape index (κ2) is 6.54. The lowest BCUT2D eigenvalue weighted by atomic mass is 9.86. The fraction of sp³-hybridized carbons (Fsp3) is 0.643. The number of hydrogen-bond donors (Lipinski definition) is 2. The third kappa shape index (κ3) is 3.37. The summed E-state index contributed by atoms with van der Waals surface area (Å²) in [4.78, 5) is 23.7. The lowest BCUT2D eigenvalue weighted by molar-refractivity contribution is -0.149. The van der Waals surface area contributed by atoms with Crippen LogP contribution in [0.1, 0.15) is 48.7 Å². The fourth-order valence-electron chi connectivity index (χ4n) is 2.58. The van der Waals surface area contributed by atoms with Crippen LogP contribution in [0.2, 0.25) is 0 Å². The number of amides is 1. The van der Waals surface area contributed by atoms with E-state index >= 15 is 0 Å². The number of aromatic amines is 1. The Morgan fingerprint density at radius 1 is 1.40 bits per heavy atom. The topological polar surface area (TPSA) is 84.1 Å². The number of esters is 1. The number of nitrogens with zero attached hydrogens (tertiary/aromatic N) is 1. The Kier molecular flexibility index (Phi) is 4.76. The molecule has 1 heterocycles. The third-order valence-electron chi connectivity index (χ3n) is 3.76. The number of aromatic nitrogens is 2. The number of hydrogen-bond acceptors (Lipinski definition) is 4. The van der Waals surface area contributed by atoms with Crippen LogP contribution < -0.4 is 5.32 Å². The van der Waals surface area contributed by atoms with Crippen molar-refractivity contribution in [2.75, 3.05) is 6.61 Å². The van der Waals surface area contributed by atoms with Crippen LogP contribution in [0, 0.1) is 12.8 Å². The molecule has 1 amide bonds. The molecule has 0 spiro atoms. The van der Waals surface area contributed by atoms with E-state index in [0.29, 0.717) is 12.2 Å². The van der Waals surface area contributed by atoms with Gasteiger partial charge in [-0.25, -0.2) is 0 Å². The molecule has 2 N–H and O–H groups in total. The maximum atomic E-state index is 12.0. The minimum atomic E-state index is -0.108. The fourth-order valence-corrected chi connectivity index (χ4v) is 2.58. The predicted octanol–water partition coefficient (Wildman–Crippen LogP) is 1.57. The summed E-state index contributed by atoms with van der Waals surface area (Å²) in [7, 11) is 0. The van der Waals surface area contributed by atoms with Crippen LogP contribution in [-0.4, -0.2) is 34.7 Å². The molecular formula is C14H21N3O3. The lowest BCUT2D eigenvalue weighted by Crippen LogP contribution is -2.39. The van der Waals surface area contributed by atoms with Crippen molar-refractivity contribution in [2.45, 2.75) is 45.6 Å². The zero-order valence-electron chi connectivity index (χ0n) is 11.9. The number of aryl methyl sites for hydroxylation is 1. The number of rotatable bonds is 4. The maximum Gasteiger partial charge on any atom is 0.308 e. The number of ether oxygens (including phenoxy) is 1. The molecule has 6 nitrogen and oxygen atoms in total. The molecular weight excluding hydrogens is 258 g/mol. The van der Waals surface area contributed by atoms with Crippen molar-refractivity contribution in [3.8, 4) is 0 Å². The first-order valence-electron chi connectivity index (χ1n) is 7.09. The Bertz CT molecular complexity index is 476. The summed E-state index contributed by atoms with van der Waals surface area (Å²) in [6.45, 7) is 4.06. The molecule has 1 saturated carbocycles. The Labute approximate surface area is 118 Å². The van der Waals surface area contributed by atoms with Gasteiger partial charge < -0.3 is 10.1 Å². The summed E-state index contributed by atoms with van der Waals surface area (Å²) in [6, 6.07) is 0.127. The normalized spacial score (nSPS) is 22.3. The number of carbonyl (C=O) groups excluding carboxylic acids is 2. The van der Waals surface area contributed by atoms with Gasteiger partial charge in [-0.2, -0.15) is 5.10 Å². The van der Waals surface area contributed by atoms with Crippen LogP contribution in [0.3, 0.4) is 0 Å². The Balaban J connectivity index is 1.81. The van der Waals surface area contributed by atoms with E-state index < -0.39 is 0 Å². The highest BCUT2D eigenvalue weighted by Crippen LogP contribution is 2.25. The van der Waals surface area contributed by atoms with Crippen molar-refractivity contribution in [1.82, 2.24) is 15.5 Å². The van der Waals surface area contributed by atoms with E-state index in [1.165, 1.54) is 6.20 Å².